The van der Waals surface area contributed by atoms with Gasteiger partial charge in [0.2, 0.25) is 0 Å². The van der Waals surface area contributed by atoms with Crippen molar-refractivity contribution in [2.24, 2.45) is 0 Å². The molecule has 0 bridgehead atoms. The van der Waals surface area contributed by atoms with Crippen LogP contribution in [0.4, 0.5) is 8.78 Å². The summed E-state index contributed by atoms with van der Waals surface area (Å²) in [6.45, 7) is -0.694. The summed E-state index contributed by atoms with van der Waals surface area (Å²) in [6.07, 6.45) is -1.95. The number of aldehydes is 1. The molecule has 0 radical (unpaired) electrons. The summed E-state index contributed by atoms with van der Waals surface area (Å²) < 4.78 is 29.2. The van der Waals surface area contributed by atoms with E-state index in [1.54, 1.807) is 12.1 Å². The van der Waals surface area contributed by atoms with Gasteiger partial charge >= 0.3 is 0 Å². The zero-order valence-electron chi connectivity index (χ0n) is 7.04. The molecule has 14 heavy (non-hydrogen) atoms. The van der Waals surface area contributed by atoms with E-state index in [1.807, 2.05) is 22.6 Å². The van der Waals surface area contributed by atoms with Crippen molar-refractivity contribution >= 4 is 28.9 Å². The third-order valence-electron chi connectivity index (χ3n) is 1.48. The summed E-state index contributed by atoms with van der Waals surface area (Å²) in [7, 11) is 0. The van der Waals surface area contributed by atoms with Gasteiger partial charge in [-0.2, -0.15) is 0 Å². The molecule has 0 saturated carbocycles. The molecule has 0 N–H and O–H groups in total. The Balaban J connectivity index is 2.87. The predicted molar refractivity (Wildman–Crippen MR) is 56.0 cm³/mol. The first-order valence-corrected chi connectivity index (χ1v) is 4.87. The van der Waals surface area contributed by atoms with E-state index in [0.29, 0.717) is 9.86 Å². The number of hydrogen-bond acceptors (Lipinski definition) is 2. The molecule has 1 aromatic carbocycles. The first-order valence-electron chi connectivity index (χ1n) is 3.79. The second-order valence-electron chi connectivity index (χ2n) is 2.48. The number of halogens is 3. The molecule has 5 heteroatoms. The Labute approximate surface area is 93.4 Å². The van der Waals surface area contributed by atoms with Crippen LogP contribution >= 0.6 is 22.6 Å². The van der Waals surface area contributed by atoms with Crippen LogP contribution in [0.15, 0.2) is 18.2 Å². The van der Waals surface area contributed by atoms with Gasteiger partial charge in [-0.1, -0.05) is 6.07 Å². The van der Waals surface area contributed by atoms with Gasteiger partial charge in [-0.3, -0.25) is 4.79 Å². The Morgan fingerprint density at radius 2 is 2.21 bits per heavy atom. The lowest BCUT2D eigenvalue weighted by Gasteiger charge is -2.09. The quantitative estimate of drug-likeness (QED) is 0.631. The second-order valence-corrected chi connectivity index (χ2v) is 3.64. The molecule has 76 valence electrons. The molecule has 0 heterocycles. The minimum atomic E-state index is -2.54. The molecule has 1 rings (SSSR count). The molecule has 0 aliphatic heterocycles. The lowest BCUT2D eigenvalue weighted by Crippen LogP contribution is -2.09. The van der Waals surface area contributed by atoms with E-state index in [1.165, 1.54) is 6.07 Å². The van der Waals surface area contributed by atoms with E-state index < -0.39 is 13.0 Å². The Bertz CT molecular complexity index is 329. The zero-order valence-corrected chi connectivity index (χ0v) is 9.20. The molecule has 0 aliphatic carbocycles. The summed E-state index contributed by atoms with van der Waals surface area (Å²) >= 11 is 1.93. The van der Waals surface area contributed by atoms with Crippen molar-refractivity contribution in [2.75, 3.05) is 6.61 Å². The smallest absolute Gasteiger partial charge is 0.272 e. The van der Waals surface area contributed by atoms with Gasteiger partial charge in [0, 0.05) is 0 Å². The molecule has 2 nitrogen and oxygen atoms in total. The Morgan fingerprint density at radius 3 is 2.79 bits per heavy atom. The summed E-state index contributed by atoms with van der Waals surface area (Å²) in [5, 5.41) is 0. The maximum atomic E-state index is 11.9. The van der Waals surface area contributed by atoms with E-state index in [2.05, 4.69) is 0 Å². The van der Waals surface area contributed by atoms with Gasteiger partial charge in [0.1, 0.15) is 12.4 Å². The minimum Gasteiger partial charge on any atom is -0.486 e. The number of para-hydroxylation sites is 1. The van der Waals surface area contributed by atoms with Crippen molar-refractivity contribution in [1.29, 1.82) is 0 Å². The van der Waals surface area contributed by atoms with Crippen LogP contribution in [0.2, 0.25) is 0 Å². The highest BCUT2D eigenvalue weighted by atomic mass is 127. The number of carbonyl (C=O) groups excluding carboxylic acids is 1. The molecule has 0 aromatic heterocycles. The predicted octanol–water partition coefficient (Wildman–Crippen LogP) is 2.75. The average molecular weight is 312 g/mol. The van der Waals surface area contributed by atoms with Gasteiger partial charge < -0.3 is 4.74 Å². The van der Waals surface area contributed by atoms with Crippen molar-refractivity contribution < 1.29 is 18.3 Å². The van der Waals surface area contributed by atoms with Gasteiger partial charge in [-0.25, -0.2) is 8.78 Å². The topological polar surface area (TPSA) is 26.3 Å². The van der Waals surface area contributed by atoms with Crippen LogP contribution < -0.4 is 4.74 Å². The second kappa shape index (κ2) is 5.23. The standard InChI is InChI=1S/C9H7F2IO2/c10-8(11)5-14-9-6(4-13)2-1-3-7(9)12/h1-4,8H,5H2. The van der Waals surface area contributed by atoms with E-state index in [-0.39, 0.29) is 11.3 Å². The Morgan fingerprint density at radius 1 is 1.50 bits per heavy atom. The first kappa shape index (κ1) is 11.4. The van der Waals surface area contributed by atoms with E-state index in [4.69, 9.17) is 4.74 Å². The maximum Gasteiger partial charge on any atom is 0.272 e. The third-order valence-corrected chi connectivity index (χ3v) is 2.33. The number of alkyl halides is 2. The van der Waals surface area contributed by atoms with Crippen LogP contribution in [0.25, 0.3) is 0 Å². The number of carbonyl (C=O) groups is 1. The largest absolute Gasteiger partial charge is 0.486 e. The highest BCUT2D eigenvalue weighted by molar-refractivity contribution is 14.1. The van der Waals surface area contributed by atoms with Crippen molar-refractivity contribution in [3.05, 3.63) is 27.3 Å². The van der Waals surface area contributed by atoms with Crippen molar-refractivity contribution in [2.45, 2.75) is 6.43 Å². The van der Waals surface area contributed by atoms with E-state index in [0.717, 1.165) is 0 Å². The summed E-state index contributed by atoms with van der Waals surface area (Å²) in [5.41, 5.74) is 0.289. The van der Waals surface area contributed by atoms with Crippen LogP contribution in [0.3, 0.4) is 0 Å². The molecule has 0 unspecified atom stereocenters. The zero-order chi connectivity index (χ0) is 10.6. The first-order chi connectivity index (χ1) is 6.65. The van der Waals surface area contributed by atoms with Crippen LogP contribution in [0, 0.1) is 3.57 Å². The molecule has 0 amide bonds. The number of ether oxygens (including phenoxy) is 1. The van der Waals surface area contributed by atoms with E-state index in [9.17, 15) is 13.6 Å². The van der Waals surface area contributed by atoms with Gasteiger partial charge in [-0.15, -0.1) is 0 Å². The molecule has 0 aliphatic rings. The fraction of sp³-hybridized carbons (Fsp3) is 0.222. The average Bonchev–Trinajstić information content (AvgIpc) is 2.15. The molecular formula is C9H7F2IO2. The highest BCUT2D eigenvalue weighted by Crippen LogP contribution is 2.24. The normalized spacial score (nSPS) is 10.3. The monoisotopic (exact) mass is 312 g/mol. The number of hydrogen-bond donors (Lipinski definition) is 0. The number of benzene rings is 1. The lowest BCUT2D eigenvalue weighted by molar-refractivity contribution is 0.0805. The molecule has 0 saturated heterocycles. The summed E-state index contributed by atoms with van der Waals surface area (Å²) in [6, 6.07) is 4.88. The third kappa shape index (κ3) is 2.90. The van der Waals surface area contributed by atoms with Crippen LogP contribution in [0.5, 0.6) is 5.75 Å². The Hall–Kier alpha value is -0.720. The van der Waals surface area contributed by atoms with Gasteiger partial charge in [0.15, 0.2) is 6.29 Å². The van der Waals surface area contributed by atoms with Crippen LogP contribution in [0.1, 0.15) is 10.4 Å². The van der Waals surface area contributed by atoms with Gasteiger partial charge in [-0.05, 0) is 34.7 Å². The molecule has 0 atom stereocenters. The fourth-order valence-corrected chi connectivity index (χ4v) is 1.59. The number of rotatable bonds is 4. The Kier molecular flexibility index (Phi) is 4.24. The van der Waals surface area contributed by atoms with Crippen LogP contribution in [-0.4, -0.2) is 19.3 Å². The van der Waals surface area contributed by atoms with Gasteiger partial charge in [0.05, 0.1) is 9.13 Å². The fourth-order valence-electron chi connectivity index (χ4n) is 0.917. The SMILES string of the molecule is O=Cc1cccc(I)c1OCC(F)F. The molecular weight excluding hydrogens is 305 g/mol. The lowest BCUT2D eigenvalue weighted by atomic mass is 10.2. The molecule has 1 aromatic rings. The summed E-state index contributed by atoms with van der Waals surface area (Å²) in [4.78, 5) is 10.6. The molecule has 0 fully saturated rings. The van der Waals surface area contributed by atoms with Crippen molar-refractivity contribution in [3.63, 3.8) is 0 Å². The maximum absolute atomic E-state index is 11.9. The van der Waals surface area contributed by atoms with Crippen molar-refractivity contribution in [1.82, 2.24) is 0 Å². The summed E-state index contributed by atoms with van der Waals surface area (Å²) in [5.74, 6) is 0.225. The van der Waals surface area contributed by atoms with Crippen molar-refractivity contribution in [3.8, 4) is 5.75 Å². The molecule has 0 spiro atoms. The minimum absolute atomic E-state index is 0.225. The highest BCUT2D eigenvalue weighted by Gasteiger charge is 2.10. The van der Waals surface area contributed by atoms with E-state index >= 15 is 0 Å². The van der Waals surface area contributed by atoms with Crippen LogP contribution in [-0.2, 0) is 0 Å². The van der Waals surface area contributed by atoms with Gasteiger partial charge in [0.25, 0.3) is 6.43 Å².